The Hall–Kier alpha value is -1.66. The fraction of sp³-hybridized carbons (Fsp3) is 0.533. The number of aromatic nitrogens is 3. The SMILES string of the molecule is CCCCc1nc2cc(Cl)cnc2n1CCC(=O)NCCN. The number of carbonyl (C=O) groups excluding carboxylic acids is 1. The van der Waals surface area contributed by atoms with Crippen LogP contribution < -0.4 is 11.1 Å². The van der Waals surface area contributed by atoms with Crippen molar-refractivity contribution in [1.82, 2.24) is 19.9 Å². The molecule has 2 rings (SSSR count). The zero-order valence-corrected chi connectivity index (χ0v) is 13.6. The fourth-order valence-corrected chi connectivity index (χ4v) is 2.46. The van der Waals surface area contributed by atoms with E-state index in [1.807, 2.05) is 10.6 Å². The van der Waals surface area contributed by atoms with Gasteiger partial charge in [0, 0.05) is 38.7 Å². The first-order valence-electron chi connectivity index (χ1n) is 7.63. The lowest BCUT2D eigenvalue weighted by Crippen LogP contribution is -2.29. The summed E-state index contributed by atoms with van der Waals surface area (Å²) in [5, 5.41) is 3.34. The number of unbranched alkanes of at least 4 members (excludes halogenated alkanes) is 1. The van der Waals surface area contributed by atoms with Crippen LogP contribution in [0.15, 0.2) is 12.3 Å². The second-order valence-corrected chi connectivity index (χ2v) is 5.60. The van der Waals surface area contributed by atoms with E-state index in [1.54, 1.807) is 6.20 Å². The summed E-state index contributed by atoms with van der Waals surface area (Å²) in [7, 11) is 0. The van der Waals surface area contributed by atoms with E-state index in [0.29, 0.717) is 31.1 Å². The average molecular weight is 324 g/mol. The number of carbonyl (C=O) groups is 1. The van der Waals surface area contributed by atoms with Crippen molar-refractivity contribution < 1.29 is 4.79 Å². The molecule has 0 aliphatic heterocycles. The number of amides is 1. The van der Waals surface area contributed by atoms with Crippen molar-refractivity contribution in [2.45, 2.75) is 39.2 Å². The van der Waals surface area contributed by atoms with Gasteiger partial charge in [0.1, 0.15) is 11.3 Å². The molecule has 22 heavy (non-hydrogen) atoms. The average Bonchev–Trinajstić information content (AvgIpc) is 2.85. The van der Waals surface area contributed by atoms with Gasteiger partial charge in [-0.2, -0.15) is 0 Å². The number of nitrogens with two attached hydrogens (primary N) is 1. The van der Waals surface area contributed by atoms with E-state index >= 15 is 0 Å². The molecule has 1 amide bonds. The van der Waals surface area contributed by atoms with Gasteiger partial charge < -0.3 is 15.6 Å². The topological polar surface area (TPSA) is 85.8 Å². The minimum atomic E-state index is -0.0114. The van der Waals surface area contributed by atoms with Crippen LogP contribution in [-0.2, 0) is 17.8 Å². The summed E-state index contributed by atoms with van der Waals surface area (Å²) in [5.74, 6) is 0.945. The first kappa shape index (κ1) is 16.7. The summed E-state index contributed by atoms with van der Waals surface area (Å²) in [6.45, 7) is 3.64. The summed E-state index contributed by atoms with van der Waals surface area (Å²) >= 11 is 5.98. The maximum Gasteiger partial charge on any atom is 0.221 e. The number of rotatable bonds is 8. The monoisotopic (exact) mass is 323 g/mol. The number of aryl methyl sites for hydroxylation is 2. The van der Waals surface area contributed by atoms with Crippen LogP contribution in [0.2, 0.25) is 5.02 Å². The van der Waals surface area contributed by atoms with E-state index in [2.05, 4.69) is 22.2 Å². The van der Waals surface area contributed by atoms with Crippen molar-refractivity contribution in [1.29, 1.82) is 0 Å². The maximum absolute atomic E-state index is 11.8. The molecule has 0 unspecified atom stereocenters. The largest absolute Gasteiger partial charge is 0.355 e. The van der Waals surface area contributed by atoms with E-state index in [1.165, 1.54) is 0 Å². The molecule has 2 aromatic heterocycles. The molecule has 0 aliphatic carbocycles. The first-order chi connectivity index (χ1) is 10.7. The van der Waals surface area contributed by atoms with Gasteiger partial charge in [0.15, 0.2) is 5.65 Å². The predicted molar refractivity (Wildman–Crippen MR) is 87.8 cm³/mol. The third-order valence-corrected chi connectivity index (χ3v) is 3.62. The lowest BCUT2D eigenvalue weighted by molar-refractivity contribution is -0.121. The Morgan fingerprint density at radius 3 is 3.05 bits per heavy atom. The van der Waals surface area contributed by atoms with Gasteiger partial charge in [-0.05, 0) is 12.5 Å². The zero-order chi connectivity index (χ0) is 15.9. The van der Waals surface area contributed by atoms with Crippen LogP contribution in [0, 0.1) is 0 Å². The van der Waals surface area contributed by atoms with Gasteiger partial charge in [0.25, 0.3) is 0 Å². The molecule has 0 saturated carbocycles. The number of fused-ring (bicyclic) bond motifs is 1. The quantitative estimate of drug-likeness (QED) is 0.776. The molecule has 7 heteroatoms. The van der Waals surface area contributed by atoms with Crippen LogP contribution in [0.25, 0.3) is 11.2 Å². The molecule has 0 atom stereocenters. The molecule has 0 aliphatic rings. The van der Waals surface area contributed by atoms with Gasteiger partial charge in [0.2, 0.25) is 5.91 Å². The van der Waals surface area contributed by atoms with Gasteiger partial charge in [-0.15, -0.1) is 0 Å². The number of nitrogens with zero attached hydrogens (tertiary/aromatic N) is 3. The Labute approximate surface area is 135 Å². The van der Waals surface area contributed by atoms with Crippen LogP contribution in [0.3, 0.4) is 0 Å². The summed E-state index contributed by atoms with van der Waals surface area (Å²) in [5.41, 5.74) is 6.94. The van der Waals surface area contributed by atoms with E-state index in [9.17, 15) is 4.79 Å². The number of hydrogen-bond acceptors (Lipinski definition) is 4. The highest BCUT2D eigenvalue weighted by Gasteiger charge is 2.13. The van der Waals surface area contributed by atoms with Crippen LogP contribution in [0.4, 0.5) is 0 Å². The van der Waals surface area contributed by atoms with E-state index in [0.717, 1.165) is 36.3 Å². The lowest BCUT2D eigenvalue weighted by atomic mass is 10.2. The molecule has 3 N–H and O–H groups in total. The smallest absolute Gasteiger partial charge is 0.221 e. The van der Waals surface area contributed by atoms with Crippen LogP contribution in [0.1, 0.15) is 32.0 Å². The summed E-state index contributed by atoms with van der Waals surface area (Å²) in [6.07, 6.45) is 5.01. The number of hydrogen-bond donors (Lipinski definition) is 2. The molecular formula is C15H22ClN5O. The number of halogens is 1. The third-order valence-electron chi connectivity index (χ3n) is 3.41. The highest BCUT2D eigenvalue weighted by atomic mass is 35.5. The normalized spacial score (nSPS) is 11.0. The van der Waals surface area contributed by atoms with Crippen molar-refractivity contribution in [3.05, 3.63) is 23.1 Å². The minimum absolute atomic E-state index is 0.0114. The third kappa shape index (κ3) is 4.18. The van der Waals surface area contributed by atoms with E-state index in [-0.39, 0.29) is 5.91 Å². The van der Waals surface area contributed by atoms with E-state index in [4.69, 9.17) is 17.3 Å². The Morgan fingerprint density at radius 1 is 1.50 bits per heavy atom. The molecule has 0 saturated heterocycles. The standard InChI is InChI=1S/C15H22ClN5O/c1-2-3-4-13-20-12-9-11(16)10-19-15(12)21(13)8-5-14(22)18-7-6-17/h9-10H,2-8,17H2,1H3,(H,18,22). The summed E-state index contributed by atoms with van der Waals surface area (Å²) in [4.78, 5) is 20.8. The molecule has 0 aromatic carbocycles. The number of imidazole rings is 1. The molecular weight excluding hydrogens is 302 g/mol. The van der Waals surface area contributed by atoms with Crippen molar-refractivity contribution in [3.63, 3.8) is 0 Å². The second kappa shape index (κ2) is 8.10. The molecule has 0 fully saturated rings. The molecule has 0 spiro atoms. The molecule has 2 aromatic rings. The van der Waals surface area contributed by atoms with Crippen molar-refractivity contribution >= 4 is 28.7 Å². The molecule has 2 heterocycles. The van der Waals surface area contributed by atoms with Crippen LogP contribution in [-0.4, -0.2) is 33.5 Å². The van der Waals surface area contributed by atoms with Crippen molar-refractivity contribution in [2.24, 2.45) is 5.73 Å². The van der Waals surface area contributed by atoms with Gasteiger partial charge in [-0.3, -0.25) is 4.79 Å². The molecule has 6 nitrogen and oxygen atoms in total. The second-order valence-electron chi connectivity index (χ2n) is 5.17. The highest BCUT2D eigenvalue weighted by molar-refractivity contribution is 6.31. The lowest BCUT2D eigenvalue weighted by Gasteiger charge is -2.08. The molecule has 120 valence electrons. The number of pyridine rings is 1. The minimum Gasteiger partial charge on any atom is -0.355 e. The van der Waals surface area contributed by atoms with E-state index < -0.39 is 0 Å². The Morgan fingerprint density at radius 2 is 2.32 bits per heavy atom. The van der Waals surface area contributed by atoms with Gasteiger partial charge in [-0.1, -0.05) is 24.9 Å². The summed E-state index contributed by atoms with van der Waals surface area (Å²) in [6, 6.07) is 1.81. The predicted octanol–water partition coefficient (Wildman–Crippen LogP) is 1.89. The van der Waals surface area contributed by atoms with Crippen LogP contribution >= 0.6 is 11.6 Å². The first-order valence-corrected chi connectivity index (χ1v) is 8.01. The fourth-order valence-electron chi connectivity index (χ4n) is 2.31. The van der Waals surface area contributed by atoms with Crippen LogP contribution in [0.5, 0.6) is 0 Å². The van der Waals surface area contributed by atoms with Gasteiger partial charge in [-0.25, -0.2) is 9.97 Å². The summed E-state index contributed by atoms with van der Waals surface area (Å²) < 4.78 is 2.02. The molecule has 0 radical (unpaired) electrons. The van der Waals surface area contributed by atoms with Gasteiger partial charge >= 0.3 is 0 Å². The highest BCUT2D eigenvalue weighted by Crippen LogP contribution is 2.19. The van der Waals surface area contributed by atoms with Crippen molar-refractivity contribution in [3.8, 4) is 0 Å². The van der Waals surface area contributed by atoms with Crippen molar-refractivity contribution in [2.75, 3.05) is 13.1 Å². The zero-order valence-electron chi connectivity index (χ0n) is 12.8. The Balaban J connectivity index is 2.19. The maximum atomic E-state index is 11.8. The van der Waals surface area contributed by atoms with Gasteiger partial charge in [0.05, 0.1) is 5.02 Å². The Bertz CT molecular complexity index is 640. The number of nitrogens with one attached hydrogen (secondary N) is 1. The molecule has 0 bridgehead atoms. The Kier molecular flexibility index (Phi) is 6.15.